The molecule has 0 radical (unpaired) electrons. The van der Waals surface area contributed by atoms with Crippen LogP contribution in [0.2, 0.25) is 0 Å². The third-order valence-corrected chi connectivity index (χ3v) is 6.63. The van der Waals surface area contributed by atoms with Gasteiger partial charge in [-0.2, -0.15) is 0 Å². The molecule has 1 saturated heterocycles. The molecule has 1 unspecified atom stereocenters. The number of ketones is 1. The quantitative estimate of drug-likeness (QED) is 0.250. The fourth-order valence-electron chi connectivity index (χ4n) is 3.95. The zero-order chi connectivity index (χ0) is 24.0. The molecule has 1 atom stereocenters. The number of Topliss-reactive ketones (excluding diaryl/α,β-unsaturated/α-hetero) is 1. The fraction of sp³-hybridized carbons (Fsp3) is 0.160. The van der Waals surface area contributed by atoms with Crippen molar-refractivity contribution in [2.24, 2.45) is 0 Å². The van der Waals surface area contributed by atoms with E-state index in [1.165, 1.54) is 23.3 Å². The van der Waals surface area contributed by atoms with E-state index in [9.17, 15) is 14.7 Å². The molecule has 4 aromatic rings. The van der Waals surface area contributed by atoms with Crippen molar-refractivity contribution in [1.82, 2.24) is 4.98 Å². The van der Waals surface area contributed by atoms with E-state index in [-0.39, 0.29) is 11.3 Å². The zero-order valence-corrected chi connectivity index (χ0v) is 19.4. The van der Waals surface area contributed by atoms with Gasteiger partial charge in [-0.05, 0) is 49.4 Å². The Morgan fingerprint density at radius 2 is 1.82 bits per heavy atom. The molecule has 1 fully saturated rings. The first-order valence-electron chi connectivity index (χ1n) is 10.4. The van der Waals surface area contributed by atoms with Crippen LogP contribution in [0.4, 0.5) is 5.13 Å². The molecule has 1 aliphatic heterocycles. The first-order valence-corrected chi connectivity index (χ1v) is 11.2. The van der Waals surface area contributed by atoms with Crippen molar-refractivity contribution in [3.05, 3.63) is 77.3 Å². The van der Waals surface area contributed by atoms with Crippen molar-refractivity contribution in [2.45, 2.75) is 13.0 Å². The predicted molar refractivity (Wildman–Crippen MR) is 127 cm³/mol. The number of methoxy groups -OCH3 is 2. The normalized spacial score (nSPS) is 17.5. The third kappa shape index (κ3) is 3.50. The summed E-state index contributed by atoms with van der Waals surface area (Å²) < 4.78 is 17.1. The highest BCUT2D eigenvalue weighted by Gasteiger charge is 2.49. The van der Waals surface area contributed by atoms with E-state index in [1.54, 1.807) is 62.6 Å². The molecule has 1 aliphatic rings. The highest BCUT2D eigenvalue weighted by molar-refractivity contribution is 7.22. The van der Waals surface area contributed by atoms with Crippen molar-refractivity contribution in [1.29, 1.82) is 0 Å². The molecule has 1 N–H and O–H groups in total. The number of amides is 1. The molecule has 0 bridgehead atoms. The largest absolute Gasteiger partial charge is 0.507 e. The van der Waals surface area contributed by atoms with Crippen molar-refractivity contribution in [3.63, 3.8) is 0 Å². The van der Waals surface area contributed by atoms with Crippen LogP contribution < -0.4 is 14.4 Å². The first-order chi connectivity index (χ1) is 16.4. The summed E-state index contributed by atoms with van der Waals surface area (Å²) in [6, 6.07) is 14.5. The number of benzene rings is 2. The molecular weight excluding hydrogens is 456 g/mol. The number of anilines is 1. The Morgan fingerprint density at radius 1 is 1.06 bits per heavy atom. The van der Waals surface area contributed by atoms with Gasteiger partial charge in [0.15, 0.2) is 5.13 Å². The number of rotatable bonds is 5. The van der Waals surface area contributed by atoms with Crippen LogP contribution in [0.25, 0.3) is 16.0 Å². The third-order valence-electron chi connectivity index (χ3n) is 5.61. The number of nitrogens with zero attached hydrogens (tertiary/aromatic N) is 2. The number of carbonyl (C=O) groups excluding carboxylic acids is 2. The minimum absolute atomic E-state index is 0.0792. The van der Waals surface area contributed by atoms with Crippen molar-refractivity contribution in [2.75, 3.05) is 19.1 Å². The monoisotopic (exact) mass is 476 g/mol. The molecule has 2 aromatic heterocycles. The summed E-state index contributed by atoms with van der Waals surface area (Å²) in [5.41, 5.74) is 0.925. The highest BCUT2D eigenvalue weighted by atomic mass is 32.1. The van der Waals surface area contributed by atoms with Crippen molar-refractivity contribution in [3.8, 4) is 11.5 Å². The number of hydrogen-bond acceptors (Lipinski definition) is 8. The Hall–Kier alpha value is -4.11. The van der Waals surface area contributed by atoms with Crippen LogP contribution in [0, 0.1) is 6.92 Å². The molecule has 2 aromatic carbocycles. The van der Waals surface area contributed by atoms with Crippen LogP contribution in [-0.2, 0) is 9.59 Å². The second kappa shape index (κ2) is 8.35. The summed E-state index contributed by atoms with van der Waals surface area (Å²) in [6.45, 7) is 1.77. The molecule has 0 spiro atoms. The van der Waals surface area contributed by atoms with Gasteiger partial charge in [0.05, 0.1) is 30.0 Å². The van der Waals surface area contributed by atoms with Crippen LogP contribution in [0.3, 0.4) is 0 Å². The minimum atomic E-state index is -0.984. The van der Waals surface area contributed by atoms with Crippen LogP contribution in [0.5, 0.6) is 11.5 Å². The van der Waals surface area contributed by atoms with E-state index in [0.717, 1.165) is 4.70 Å². The van der Waals surface area contributed by atoms with Gasteiger partial charge in [-0.25, -0.2) is 4.98 Å². The van der Waals surface area contributed by atoms with E-state index >= 15 is 0 Å². The molecular formula is C25H20N2O6S. The molecule has 5 rings (SSSR count). The van der Waals surface area contributed by atoms with E-state index < -0.39 is 17.7 Å². The number of hydrogen-bond donors (Lipinski definition) is 1. The van der Waals surface area contributed by atoms with Crippen LogP contribution in [0.1, 0.15) is 23.1 Å². The molecule has 8 nitrogen and oxygen atoms in total. The Balaban J connectivity index is 1.70. The van der Waals surface area contributed by atoms with Crippen LogP contribution in [-0.4, -0.2) is 36.0 Å². The SMILES string of the molecule is COc1cccc(C(O)=C2C(=O)C(=O)N(c3nc4ccc(OC)cc4s3)C2c2ccc(C)o2)c1. The summed E-state index contributed by atoms with van der Waals surface area (Å²) in [5.74, 6) is 0.172. The number of aryl methyl sites for hydroxylation is 1. The lowest BCUT2D eigenvalue weighted by Crippen LogP contribution is -2.29. The second-order valence-electron chi connectivity index (χ2n) is 7.68. The summed E-state index contributed by atoms with van der Waals surface area (Å²) in [6.07, 6.45) is 0. The van der Waals surface area contributed by atoms with Gasteiger partial charge in [0.25, 0.3) is 5.78 Å². The minimum Gasteiger partial charge on any atom is -0.507 e. The zero-order valence-electron chi connectivity index (χ0n) is 18.6. The topological polar surface area (TPSA) is 102 Å². The molecule has 34 heavy (non-hydrogen) atoms. The number of carbonyl (C=O) groups is 2. The smallest absolute Gasteiger partial charge is 0.302 e. The van der Waals surface area contributed by atoms with E-state index in [0.29, 0.717) is 39.2 Å². The molecule has 0 saturated carbocycles. The average molecular weight is 477 g/mol. The first kappa shape index (κ1) is 21.7. The predicted octanol–water partition coefficient (Wildman–Crippen LogP) is 4.84. The highest BCUT2D eigenvalue weighted by Crippen LogP contribution is 2.45. The number of aliphatic hydroxyl groups is 1. The number of fused-ring (bicyclic) bond motifs is 1. The van der Waals surface area contributed by atoms with Gasteiger partial charge in [0.2, 0.25) is 0 Å². The van der Waals surface area contributed by atoms with Gasteiger partial charge in [0.1, 0.15) is 34.8 Å². The van der Waals surface area contributed by atoms with Crippen molar-refractivity contribution < 1.29 is 28.6 Å². The standard InChI is InChI=1S/C25H20N2O6S/c1-13-7-10-18(33-13)21-20(22(28)14-5-4-6-15(11-14)31-2)23(29)24(30)27(21)25-26-17-9-8-16(32-3)12-19(17)34-25/h4-12,21,28H,1-3H3. The number of ether oxygens (including phenoxy) is 2. The lowest BCUT2D eigenvalue weighted by atomic mass is 9.99. The lowest BCUT2D eigenvalue weighted by molar-refractivity contribution is -0.132. The Bertz CT molecular complexity index is 1470. The van der Waals surface area contributed by atoms with E-state index in [4.69, 9.17) is 13.9 Å². The Kier molecular flexibility index (Phi) is 5.33. The fourth-order valence-corrected chi connectivity index (χ4v) is 4.97. The summed E-state index contributed by atoms with van der Waals surface area (Å²) in [5, 5.41) is 11.5. The summed E-state index contributed by atoms with van der Waals surface area (Å²) >= 11 is 1.25. The molecule has 3 heterocycles. The van der Waals surface area contributed by atoms with Crippen LogP contribution >= 0.6 is 11.3 Å². The average Bonchev–Trinajstić information content (AvgIpc) is 3.54. The Labute approximate surface area is 198 Å². The molecule has 172 valence electrons. The molecule has 9 heteroatoms. The number of thiazole rings is 1. The van der Waals surface area contributed by atoms with Gasteiger partial charge < -0.3 is 19.0 Å². The maximum atomic E-state index is 13.3. The lowest BCUT2D eigenvalue weighted by Gasteiger charge is -2.20. The van der Waals surface area contributed by atoms with Gasteiger partial charge in [0, 0.05) is 5.56 Å². The number of aromatic nitrogens is 1. The summed E-state index contributed by atoms with van der Waals surface area (Å²) in [4.78, 5) is 32.4. The van der Waals surface area contributed by atoms with Crippen molar-refractivity contribution >= 4 is 44.1 Å². The van der Waals surface area contributed by atoms with Crippen LogP contribution in [0.15, 0.2) is 64.6 Å². The number of furan rings is 1. The molecule has 1 amide bonds. The van der Waals surface area contributed by atoms with Gasteiger partial charge in [-0.15, -0.1) is 0 Å². The maximum Gasteiger partial charge on any atom is 0.302 e. The second-order valence-corrected chi connectivity index (χ2v) is 8.69. The number of aliphatic hydroxyl groups excluding tert-OH is 1. The van der Waals surface area contributed by atoms with Gasteiger partial charge in [-0.3, -0.25) is 14.5 Å². The maximum absolute atomic E-state index is 13.3. The Morgan fingerprint density at radius 3 is 2.53 bits per heavy atom. The van der Waals surface area contributed by atoms with Gasteiger partial charge >= 0.3 is 5.91 Å². The van der Waals surface area contributed by atoms with Gasteiger partial charge in [-0.1, -0.05) is 23.5 Å². The summed E-state index contributed by atoms with van der Waals surface area (Å²) in [7, 11) is 3.07. The van der Waals surface area contributed by atoms with E-state index in [2.05, 4.69) is 4.98 Å². The van der Waals surface area contributed by atoms with E-state index in [1.807, 2.05) is 6.07 Å². The molecule has 0 aliphatic carbocycles.